The number of benzene rings is 2. The van der Waals surface area contributed by atoms with Crippen LogP contribution < -0.4 is 16.2 Å². The lowest BCUT2D eigenvalue weighted by molar-refractivity contribution is -0.121. The second-order valence-electron chi connectivity index (χ2n) is 5.68. The fraction of sp³-hybridized carbons (Fsp3) is 0.167. The maximum Gasteiger partial charge on any atom is 0.278 e. The Morgan fingerprint density at radius 3 is 2.48 bits per heavy atom. The van der Waals surface area contributed by atoms with Crippen LogP contribution in [0, 0.1) is 0 Å². The number of carbonyl (C=O) groups excluding carboxylic acids is 2. The molecule has 3 aromatic rings. The molecule has 0 atom stereocenters. The molecular weight excluding hydrogens is 370 g/mol. The molecule has 0 aliphatic heterocycles. The molecule has 0 radical (unpaired) electrons. The summed E-state index contributed by atoms with van der Waals surface area (Å²) in [6, 6.07) is 13.3. The molecule has 1 aromatic heterocycles. The fourth-order valence-corrected chi connectivity index (χ4v) is 2.53. The molecular formula is C18H16ClN5O3. The number of nitrogens with one attached hydrogen (secondary N) is 2. The van der Waals surface area contributed by atoms with Gasteiger partial charge in [0.15, 0.2) is 0 Å². The number of fused-ring (bicyclic) bond motifs is 1. The van der Waals surface area contributed by atoms with Gasteiger partial charge in [0, 0.05) is 23.7 Å². The largest absolute Gasteiger partial charge is 0.353 e. The van der Waals surface area contributed by atoms with Crippen LogP contribution in [0.3, 0.4) is 0 Å². The summed E-state index contributed by atoms with van der Waals surface area (Å²) < 4.78 is 1.00. The van der Waals surface area contributed by atoms with E-state index in [4.69, 9.17) is 11.6 Å². The molecule has 0 saturated carbocycles. The van der Waals surface area contributed by atoms with Crippen LogP contribution in [0.4, 0.5) is 0 Å². The van der Waals surface area contributed by atoms with Gasteiger partial charge in [0.1, 0.15) is 12.1 Å². The van der Waals surface area contributed by atoms with Gasteiger partial charge < -0.3 is 10.6 Å². The summed E-state index contributed by atoms with van der Waals surface area (Å²) in [6.07, 6.45) is 0. The second-order valence-corrected chi connectivity index (χ2v) is 6.12. The molecule has 0 aliphatic carbocycles. The van der Waals surface area contributed by atoms with E-state index in [1.807, 2.05) is 0 Å². The molecule has 2 aromatic carbocycles. The van der Waals surface area contributed by atoms with Crippen molar-refractivity contribution in [2.45, 2.75) is 6.54 Å². The van der Waals surface area contributed by atoms with Crippen LogP contribution in [0.5, 0.6) is 0 Å². The van der Waals surface area contributed by atoms with E-state index in [2.05, 4.69) is 20.9 Å². The van der Waals surface area contributed by atoms with E-state index in [-0.39, 0.29) is 31.1 Å². The maximum absolute atomic E-state index is 12.3. The number of amides is 2. The molecule has 1 heterocycles. The van der Waals surface area contributed by atoms with E-state index >= 15 is 0 Å². The predicted octanol–water partition coefficient (Wildman–Crippen LogP) is 0.991. The standard InChI is InChI=1S/C18H16ClN5O3/c19-13-7-5-12(6-8-13)17(26)21-10-9-20-16(25)11-24-18(27)14-3-1-2-4-15(14)22-23-24/h1-8H,9-11H2,(H,20,25)(H,21,26). The summed E-state index contributed by atoms with van der Waals surface area (Å²) >= 11 is 5.77. The van der Waals surface area contributed by atoms with Gasteiger partial charge >= 0.3 is 0 Å². The molecule has 0 spiro atoms. The zero-order chi connectivity index (χ0) is 19.2. The molecule has 0 unspecified atom stereocenters. The maximum atomic E-state index is 12.3. The Balaban J connectivity index is 1.49. The van der Waals surface area contributed by atoms with E-state index in [1.165, 1.54) is 0 Å². The molecule has 0 aliphatic rings. The number of aromatic nitrogens is 3. The van der Waals surface area contributed by atoms with E-state index in [0.29, 0.717) is 21.5 Å². The lowest BCUT2D eigenvalue weighted by atomic mass is 10.2. The van der Waals surface area contributed by atoms with Crippen LogP contribution in [-0.4, -0.2) is 39.9 Å². The van der Waals surface area contributed by atoms with Gasteiger partial charge in [0.05, 0.1) is 5.39 Å². The van der Waals surface area contributed by atoms with Crippen molar-refractivity contribution in [3.05, 3.63) is 69.5 Å². The van der Waals surface area contributed by atoms with E-state index in [9.17, 15) is 14.4 Å². The lowest BCUT2D eigenvalue weighted by Gasteiger charge is -2.08. The van der Waals surface area contributed by atoms with Gasteiger partial charge in [0.2, 0.25) is 5.91 Å². The molecule has 9 heteroatoms. The van der Waals surface area contributed by atoms with Crippen LogP contribution in [0.2, 0.25) is 5.02 Å². The third kappa shape index (κ3) is 4.68. The van der Waals surface area contributed by atoms with Gasteiger partial charge in [-0.15, -0.1) is 5.10 Å². The van der Waals surface area contributed by atoms with Crippen molar-refractivity contribution in [3.63, 3.8) is 0 Å². The summed E-state index contributed by atoms with van der Waals surface area (Å²) in [4.78, 5) is 36.2. The monoisotopic (exact) mass is 385 g/mol. The van der Waals surface area contributed by atoms with Crippen molar-refractivity contribution in [2.24, 2.45) is 0 Å². The quantitative estimate of drug-likeness (QED) is 0.615. The van der Waals surface area contributed by atoms with Gasteiger partial charge in [-0.1, -0.05) is 28.9 Å². The summed E-state index contributed by atoms with van der Waals surface area (Å²) in [6.45, 7) is 0.210. The summed E-state index contributed by atoms with van der Waals surface area (Å²) in [5, 5.41) is 13.9. The zero-order valence-corrected chi connectivity index (χ0v) is 14.9. The number of halogens is 1. The van der Waals surface area contributed by atoms with Crippen molar-refractivity contribution >= 4 is 34.3 Å². The number of hydrogen-bond acceptors (Lipinski definition) is 5. The number of nitrogens with zero attached hydrogens (tertiary/aromatic N) is 3. The number of rotatable bonds is 6. The Morgan fingerprint density at radius 2 is 1.70 bits per heavy atom. The van der Waals surface area contributed by atoms with Crippen molar-refractivity contribution < 1.29 is 9.59 Å². The van der Waals surface area contributed by atoms with Crippen molar-refractivity contribution in [3.8, 4) is 0 Å². The average Bonchev–Trinajstić information content (AvgIpc) is 2.68. The Kier molecular flexibility index (Phi) is 5.77. The van der Waals surface area contributed by atoms with Gasteiger partial charge in [0.25, 0.3) is 11.5 Å². The van der Waals surface area contributed by atoms with Crippen LogP contribution in [0.25, 0.3) is 10.9 Å². The van der Waals surface area contributed by atoms with Crippen LogP contribution >= 0.6 is 11.6 Å². The minimum Gasteiger partial charge on any atom is -0.353 e. The topological polar surface area (TPSA) is 106 Å². The zero-order valence-electron chi connectivity index (χ0n) is 14.2. The van der Waals surface area contributed by atoms with E-state index < -0.39 is 5.91 Å². The molecule has 138 valence electrons. The van der Waals surface area contributed by atoms with Gasteiger partial charge in [-0.05, 0) is 36.4 Å². The first-order chi connectivity index (χ1) is 13.0. The third-order valence-corrected chi connectivity index (χ3v) is 4.01. The molecule has 3 rings (SSSR count). The third-order valence-electron chi connectivity index (χ3n) is 3.76. The molecule has 0 fully saturated rings. The molecule has 0 bridgehead atoms. The lowest BCUT2D eigenvalue weighted by Crippen LogP contribution is -2.38. The number of carbonyl (C=O) groups is 2. The van der Waals surface area contributed by atoms with Crippen molar-refractivity contribution in [2.75, 3.05) is 13.1 Å². The smallest absolute Gasteiger partial charge is 0.278 e. The average molecular weight is 386 g/mol. The molecule has 2 amide bonds. The Bertz CT molecular complexity index is 1030. The highest BCUT2D eigenvalue weighted by Gasteiger charge is 2.09. The molecule has 27 heavy (non-hydrogen) atoms. The highest BCUT2D eigenvalue weighted by molar-refractivity contribution is 6.30. The first kappa shape index (κ1) is 18.5. The minimum atomic E-state index is -0.401. The highest BCUT2D eigenvalue weighted by Crippen LogP contribution is 2.09. The molecule has 2 N–H and O–H groups in total. The Morgan fingerprint density at radius 1 is 1.00 bits per heavy atom. The van der Waals surface area contributed by atoms with Crippen LogP contribution in [0.1, 0.15) is 10.4 Å². The van der Waals surface area contributed by atoms with Crippen molar-refractivity contribution in [1.82, 2.24) is 25.6 Å². The van der Waals surface area contributed by atoms with Crippen LogP contribution in [-0.2, 0) is 11.3 Å². The van der Waals surface area contributed by atoms with Gasteiger partial charge in [-0.2, -0.15) is 0 Å². The van der Waals surface area contributed by atoms with E-state index in [0.717, 1.165) is 4.68 Å². The fourth-order valence-electron chi connectivity index (χ4n) is 2.40. The van der Waals surface area contributed by atoms with Gasteiger partial charge in [-0.25, -0.2) is 4.68 Å². The molecule has 0 saturated heterocycles. The normalized spacial score (nSPS) is 10.6. The summed E-state index contributed by atoms with van der Waals surface area (Å²) in [5.41, 5.74) is 0.569. The summed E-state index contributed by atoms with van der Waals surface area (Å²) in [5.74, 6) is -0.667. The van der Waals surface area contributed by atoms with Crippen molar-refractivity contribution in [1.29, 1.82) is 0 Å². The predicted molar refractivity (Wildman–Crippen MR) is 101 cm³/mol. The van der Waals surface area contributed by atoms with Crippen LogP contribution in [0.15, 0.2) is 53.3 Å². The number of hydrogen-bond donors (Lipinski definition) is 2. The summed E-state index contributed by atoms with van der Waals surface area (Å²) in [7, 11) is 0. The Labute approximate surface area is 159 Å². The van der Waals surface area contributed by atoms with Gasteiger partial charge in [-0.3, -0.25) is 14.4 Å². The molecule has 8 nitrogen and oxygen atoms in total. The highest BCUT2D eigenvalue weighted by atomic mass is 35.5. The van der Waals surface area contributed by atoms with E-state index in [1.54, 1.807) is 48.5 Å². The first-order valence-electron chi connectivity index (χ1n) is 8.17. The first-order valence-corrected chi connectivity index (χ1v) is 8.55. The SMILES string of the molecule is O=C(Cn1nnc2ccccc2c1=O)NCCNC(=O)c1ccc(Cl)cc1. The minimum absolute atomic E-state index is 0.216. The Hall–Kier alpha value is -3.26. The second kappa shape index (κ2) is 8.41.